The number of ether oxygens (including phenoxy) is 2. The molecule has 0 N–H and O–H groups in total. The number of rotatable bonds is 8. The minimum Gasteiger partial charge on any atom is -0.436 e. The Hall–Kier alpha value is -1.61. The van der Waals surface area contributed by atoms with E-state index in [1.807, 2.05) is 24.3 Å². The molecule has 0 fully saturated rings. The number of carbonyl (C=O) groups excluding carboxylic acids is 1. The van der Waals surface area contributed by atoms with E-state index in [2.05, 4.69) is 18.7 Å². The standard InChI is InChI=1S/C16H22O3/c1-4-8-16(19-14(3)18-13(2)17)12-11-15-9-6-5-7-10-15/h4-7,9-10,14,16H,1,8,11-12H2,2-3H3. The molecule has 0 saturated heterocycles. The van der Waals surface area contributed by atoms with E-state index in [9.17, 15) is 4.79 Å². The highest BCUT2D eigenvalue weighted by atomic mass is 16.7. The Morgan fingerprint density at radius 3 is 2.63 bits per heavy atom. The van der Waals surface area contributed by atoms with Crippen LogP contribution in [0.4, 0.5) is 0 Å². The Bertz CT molecular complexity index is 386. The van der Waals surface area contributed by atoms with Crippen LogP contribution in [0.25, 0.3) is 0 Å². The fraction of sp³-hybridized carbons (Fsp3) is 0.438. The van der Waals surface area contributed by atoms with Crippen LogP contribution in [0, 0.1) is 0 Å². The summed E-state index contributed by atoms with van der Waals surface area (Å²) in [4.78, 5) is 10.9. The van der Waals surface area contributed by atoms with Crippen LogP contribution in [-0.2, 0) is 20.7 Å². The molecule has 0 heterocycles. The molecule has 3 heteroatoms. The lowest BCUT2D eigenvalue weighted by molar-refractivity contribution is -0.182. The molecule has 0 bridgehead atoms. The third kappa shape index (κ3) is 6.77. The first-order valence-corrected chi connectivity index (χ1v) is 6.59. The van der Waals surface area contributed by atoms with Crippen molar-refractivity contribution in [2.75, 3.05) is 0 Å². The van der Waals surface area contributed by atoms with Gasteiger partial charge < -0.3 is 9.47 Å². The van der Waals surface area contributed by atoms with E-state index in [0.29, 0.717) is 0 Å². The number of hydrogen-bond donors (Lipinski definition) is 0. The Morgan fingerprint density at radius 2 is 2.05 bits per heavy atom. The third-order valence-corrected chi connectivity index (χ3v) is 2.74. The third-order valence-electron chi connectivity index (χ3n) is 2.74. The van der Waals surface area contributed by atoms with Gasteiger partial charge >= 0.3 is 5.97 Å². The molecule has 0 radical (unpaired) electrons. The van der Waals surface area contributed by atoms with E-state index < -0.39 is 6.29 Å². The first kappa shape index (κ1) is 15.4. The summed E-state index contributed by atoms with van der Waals surface area (Å²) in [5, 5.41) is 0. The van der Waals surface area contributed by atoms with Crippen molar-refractivity contribution in [1.29, 1.82) is 0 Å². The van der Waals surface area contributed by atoms with Gasteiger partial charge in [-0.1, -0.05) is 36.4 Å². The minimum absolute atomic E-state index is 0.0204. The Morgan fingerprint density at radius 1 is 1.37 bits per heavy atom. The summed E-state index contributed by atoms with van der Waals surface area (Å²) in [6.45, 7) is 6.85. The van der Waals surface area contributed by atoms with E-state index in [4.69, 9.17) is 9.47 Å². The zero-order valence-electron chi connectivity index (χ0n) is 11.7. The fourth-order valence-corrected chi connectivity index (χ4v) is 1.93. The van der Waals surface area contributed by atoms with Crippen molar-refractivity contribution in [3.63, 3.8) is 0 Å². The number of aryl methyl sites for hydroxylation is 1. The summed E-state index contributed by atoms with van der Waals surface area (Å²) in [5.41, 5.74) is 1.28. The first-order valence-electron chi connectivity index (χ1n) is 6.59. The lowest BCUT2D eigenvalue weighted by atomic mass is 10.1. The van der Waals surface area contributed by atoms with Crippen molar-refractivity contribution in [3.8, 4) is 0 Å². The van der Waals surface area contributed by atoms with Gasteiger partial charge in [0.25, 0.3) is 0 Å². The second-order valence-corrected chi connectivity index (χ2v) is 4.48. The molecule has 19 heavy (non-hydrogen) atoms. The van der Waals surface area contributed by atoms with Crippen molar-refractivity contribution in [3.05, 3.63) is 48.6 Å². The zero-order chi connectivity index (χ0) is 14.1. The van der Waals surface area contributed by atoms with Gasteiger partial charge in [0.05, 0.1) is 6.10 Å². The summed E-state index contributed by atoms with van der Waals surface area (Å²) >= 11 is 0. The second-order valence-electron chi connectivity index (χ2n) is 4.48. The largest absolute Gasteiger partial charge is 0.436 e. The number of esters is 1. The van der Waals surface area contributed by atoms with Gasteiger partial charge in [-0.25, -0.2) is 0 Å². The van der Waals surface area contributed by atoms with E-state index in [0.717, 1.165) is 19.3 Å². The summed E-state index contributed by atoms with van der Waals surface area (Å²) < 4.78 is 10.7. The summed E-state index contributed by atoms with van der Waals surface area (Å²) in [7, 11) is 0. The molecule has 104 valence electrons. The summed E-state index contributed by atoms with van der Waals surface area (Å²) in [6.07, 6.45) is 3.90. The van der Waals surface area contributed by atoms with Crippen LogP contribution in [0.2, 0.25) is 0 Å². The van der Waals surface area contributed by atoms with Crippen LogP contribution in [0.5, 0.6) is 0 Å². The molecule has 1 aromatic carbocycles. The van der Waals surface area contributed by atoms with Gasteiger partial charge in [0.1, 0.15) is 0 Å². The van der Waals surface area contributed by atoms with E-state index >= 15 is 0 Å². The second kappa shape index (κ2) is 8.48. The van der Waals surface area contributed by atoms with Crippen LogP contribution in [0.15, 0.2) is 43.0 Å². The van der Waals surface area contributed by atoms with Gasteiger partial charge in [0, 0.05) is 6.92 Å². The van der Waals surface area contributed by atoms with Crippen molar-refractivity contribution in [1.82, 2.24) is 0 Å². The maximum atomic E-state index is 10.9. The fourth-order valence-electron chi connectivity index (χ4n) is 1.93. The topological polar surface area (TPSA) is 35.5 Å². The molecule has 1 rings (SSSR count). The lowest BCUT2D eigenvalue weighted by Gasteiger charge is -2.21. The maximum Gasteiger partial charge on any atom is 0.304 e. The molecule has 0 spiro atoms. The van der Waals surface area contributed by atoms with Crippen molar-refractivity contribution in [2.24, 2.45) is 0 Å². The van der Waals surface area contributed by atoms with Crippen LogP contribution in [-0.4, -0.2) is 18.4 Å². The van der Waals surface area contributed by atoms with Crippen LogP contribution in [0.1, 0.15) is 32.3 Å². The molecule has 0 aliphatic heterocycles. The highest BCUT2D eigenvalue weighted by Crippen LogP contribution is 2.13. The molecule has 2 unspecified atom stereocenters. The van der Waals surface area contributed by atoms with Crippen LogP contribution < -0.4 is 0 Å². The quantitative estimate of drug-likeness (QED) is 0.409. The number of carbonyl (C=O) groups is 1. The van der Waals surface area contributed by atoms with E-state index in [1.54, 1.807) is 6.92 Å². The average Bonchev–Trinajstić information content (AvgIpc) is 2.36. The molecule has 3 nitrogen and oxygen atoms in total. The average molecular weight is 262 g/mol. The zero-order valence-corrected chi connectivity index (χ0v) is 11.7. The van der Waals surface area contributed by atoms with Gasteiger partial charge in [-0.05, 0) is 31.7 Å². The van der Waals surface area contributed by atoms with Crippen LogP contribution >= 0.6 is 0 Å². The summed E-state index contributed by atoms with van der Waals surface area (Å²) in [5.74, 6) is -0.326. The Balaban J connectivity index is 2.43. The predicted octanol–water partition coefficient (Wildman–Crippen LogP) is 3.49. The predicted molar refractivity (Wildman–Crippen MR) is 75.7 cm³/mol. The minimum atomic E-state index is -0.516. The molecule has 0 aliphatic carbocycles. The van der Waals surface area contributed by atoms with Crippen LogP contribution in [0.3, 0.4) is 0 Å². The van der Waals surface area contributed by atoms with Gasteiger partial charge in [-0.3, -0.25) is 4.79 Å². The maximum absolute atomic E-state index is 10.9. The SMILES string of the molecule is C=CCC(CCc1ccccc1)OC(C)OC(C)=O. The number of benzene rings is 1. The molecule has 0 aliphatic rings. The molecule has 0 aromatic heterocycles. The molecule has 0 saturated carbocycles. The Kier molecular flexibility index (Phi) is 6.90. The van der Waals surface area contributed by atoms with Gasteiger partial charge in [-0.2, -0.15) is 0 Å². The molecular weight excluding hydrogens is 240 g/mol. The van der Waals surface area contributed by atoms with Gasteiger partial charge in [-0.15, -0.1) is 6.58 Å². The van der Waals surface area contributed by atoms with Crippen molar-refractivity contribution < 1.29 is 14.3 Å². The van der Waals surface area contributed by atoms with Crippen molar-refractivity contribution >= 4 is 5.97 Å². The lowest BCUT2D eigenvalue weighted by Crippen LogP contribution is -2.24. The Labute approximate surface area is 115 Å². The van der Waals surface area contributed by atoms with Gasteiger partial charge in [0.2, 0.25) is 0 Å². The molecule has 2 atom stereocenters. The monoisotopic (exact) mass is 262 g/mol. The highest BCUT2D eigenvalue weighted by molar-refractivity contribution is 5.65. The molecule has 1 aromatic rings. The first-order chi connectivity index (χ1) is 9.11. The smallest absolute Gasteiger partial charge is 0.304 e. The summed E-state index contributed by atoms with van der Waals surface area (Å²) in [6, 6.07) is 10.3. The molecule has 0 amide bonds. The van der Waals surface area contributed by atoms with E-state index in [1.165, 1.54) is 12.5 Å². The highest BCUT2D eigenvalue weighted by Gasteiger charge is 2.14. The number of hydrogen-bond acceptors (Lipinski definition) is 3. The van der Waals surface area contributed by atoms with Gasteiger partial charge in [0.15, 0.2) is 6.29 Å². The van der Waals surface area contributed by atoms with E-state index in [-0.39, 0.29) is 12.1 Å². The normalized spacial score (nSPS) is 13.6. The molecular formula is C16H22O3. The van der Waals surface area contributed by atoms with Crippen molar-refractivity contribution in [2.45, 2.75) is 45.5 Å².